The van der Waals surface area contributed by atoms with Crippen molar-refractivity contribution in [1.29, 1.82) is 5.26 Å². The average molecular weight is 355 g/mol. The van der Waals surface area contributed by atoms with Crippen molar-refractivity contribution >= 4 is 38.2 Å². The highest BCUT2D eigenvalue weighted by molar-refractivity contribution is 9.10. The lowest BCUT2D eigenvalue weighted by Gasteiger charge is -2.07. The minimum atomic E-state index is -0.555. The molecular weight excluding hydrogens is 347 g/mol. The summed E-state index contributed by atoms with van der Waals surface area (Å²) < 4.78 is 19.1. The molecule has 0 aliphatic heterocycles. The molecular formula is C13H8BrFN2O2S. The molecule has 0 saturated heterocycles. The molecule has 0 unspecified atom stereocenters. The monoisotopic (exact) mass is 354 g/mol. The predicted octanol–water partition coefficient (Wildman–Crippen LogP) is 3.54. The summed E-state index contributed by atoms with van der Waals surface area (Å²) in [5.74, 6) is -1.01. The van der Waals surface area contributed by atoms with Crippen LogP contribution in [0.4, 0.5) is 9.39 Å². The van der Waals surface area contributed by atoms with E-state index < -0.39 is 11.7 Å². The SMILES string of the molecule is N#Cc1ccsc1NC(=O)COc1ccc(Br)cc1F. The Balaban J connectivity index is 1.94. The Labute approximate surface area is 126 Å². The predicted molar refractivity (Wildman–Crippen MR) is 77.3 cm³/mol. The Morgan fingerprint density at radius 3 is 3.00 bits per heavy atom. The second-order valence-electron chi connectivity index (χ2n) is 3.69. The van der Waals surface area contributed by atoms with E-state index in [1.54, 1.807) is 17.5 Å². The molecule has 1 N–H and O–H groups in total. The number of nitrogens with zero attached hydrogens (tertiary/aromatic N) is 1. The lowest BCUT2D eigenvalue weighted by Crippen LogP contribution is -2.20. The number of rotatable bonds is 4. The van der Waals surface area contributed by atoms with Crippen LogP contribution in [0.15, 0.2) is 34.1 Å². The minimum absolute atomic E-state index is 0.00460. The number of ether oxygens (including phenoxy) is 1. The Kier molecular flexibility index (Phi) is 4.71. The molecule has 0 aliphatic rings. The van der Waals surface area contributed by atoms with Crippen molar-refractivity contribution in [3.63, 3.8) is 0 Å². The van der Waals surface area contributed by atoms with E-state index in [1.165, 1.54) is 23.5 Å². The summed E-state index contributed by atoms with van der Waals surface area (Å²) in [4.78, 5) is 11.7. The summed E-state index contributed by atoms with van der Waals surface area (Å²) in [6, 6.07) is 7.86. The van der Waals surface area contributed by atoms with Gasteiger partial charge in [0.25, 0.3) is 5.91 Å². The molecule has 0 atom stereocenters. The fourth-order valence-corrected chi connectivity index (χ4v) is 2.48. The molecule has 2 aromatic rings. The van der Waals surface area contributed by atoms with E-state index in [0.29, 0.717) is 15.0 Å². The Morgan fingerprint density at radius 2 is 2.30 bits per heavy atom. The van der Waals surface area contributed by atoms with Crippen LogP contribution in [0.2, 0.25) is 0 Å². The van der Waals surface area contributed by atoms with Gasteiger partial charge in [0.1, 0.15) is 11.1 Å². The van der Waals surface area contributed by atoms with Crippen molar-refractivity contribution in [1.82, 2.24) is 0 Å². The summed E-state index contributed by atoms with van der Waals surface area (Å²) in [5.41, 5.74) is 0.387. The third kappa shape index (κ3) is 3.56. The first-order chi connectivity index (χ1) is 9.60. The molecule has 1 aromatic carbocycles. The van der Waals surface area contributed by atoms with Gasteiger partial charge in [-0.3, -0.25) is 4.79 Å². The molecule has 1 aromatic heterocycles. The zero-order chi connectivity index (χ0) is 14.5. The van der Waals surface area contributed by atoms with Crippen LogP contribution in [0.25, 0.3) is 0 Å². The van der Waals surface area contributed by atoms with Gasteiger partial charge in [-0.15, -0.1) is 11.3 Å². The van der Waals surface area contributed by atoms with Gasteiger partial charge in [-0.05, 0) is 29.6 Å². The number of anilines is 1. The summed E-state index contributed by atoms with van der Waals surface area (Å²) in [6.45, 7) is -0.332. The fraction of sp³-hybridized carbons (Fsp3) is 0.0769. The molecule has 0 fully saturated rings. The maximum atomic E-state index is 13.5. The Hall–Kier alpha value is -1.91. The highest BCUT2D eigenvalue weighted by atomic mass is 79.9. The number of benzene rings is 1. The zero-order valence-corrected chi connectivity index (χ0v) is 12.4. The molecule has 0 radical (unpaired) electrons. The van der Waals surface area contributed by atoms with Gasteiger partial charge >= 0.3 is 0 Å². The van der Waals surface area contributed by atoms with E-state index in [4.69, 9.17) is 10.00 Å². The van der Waals surface area contributed by atoms with Crippen LogP contribution in [0.5, 0.6) is 5.75 Å². The van der Waals surface area contributed by atoms with Crippen molar-refractivity contribution in [3.05, 3.63) is 45.5 Å². The maximum Gasteiger partial charge on any atom is 0.262 e. The van der Waals surface area contributed by atoms with Crippen molar-refractivity contribution in [2.45, 2.75) is 0 Å². The molecule has 0 spiro atoms. The highest BCUT2D eigenvalue weighted by Gasteiger charge is 2.10. The number of halogens is 2. The van der Waals surface area contributed by atoms with E-state index in [0.717, 1.165) is 0 Å². The van der Waals surface area contributed by atoms with Crippen LogP contribution in [-0.2, 0) is 4.79 Å². The van der Waals surface area contributed by atoms with Gasteiger partial charge in [0.05, 0.1) is 5.56 Å². The quantitative estimate of drug-likeness (QED) is 0.913. The van der Waals surface area contributed by atoms with Crippen LogP contribution < -0.4 is 10.1 Å². The van der Waals surface area contributed by atoms with E-state index >= 15 is 0 Å². The first-order valence-electron chi connectivity index (χ1n) is 5.45. The summed E-state index contributed by atoms with van der Waals surface area (Å²) in [6.07, 6.45) is 0. The van der Waals surface area contributed by atoms with E-state index in [1.807, 2.05) is 6.07 Å². The molecule has 0 saturated carbocycles. The van der Waals surface area contributed by atoms with E-state index in [-0.39, 0.29) is 12.4 Å². The number of thiophene rings is 1. The maximum absolute atomic E-state index is 13.5. The van der Waals surface area contributed by atoms with Crippen LogP contribution in [0.1, 0.15) is 5.56 Å². The van der Waals surface area contributed by atoms with Gasteiger partial charge in [-0.2, -0.15) is 5.26 Å². The van der Waals surface area contributed by atoms with Crippen molar-refractivity contribution in [2.75, 3.05) is 11.9 Å². The molecule has 0 bridgehead atoms. The van der Waals surface area contributed by atoms with Crippen molar-refractivity contribution in [2.24, 2.45) is 0 Å². The van der Waals surface area contributed by atoms with Crippen LogP contribution in [0.3, 0.4) is 0 Å². The molecule has 20 heavy (non-hydrogen) atoms. The Bertz CT molecular complexity index is 681. The first kappa shape index (κ1) is 14.5. The molecule has 0 aliphatic carbocycles. The normalized spacial score (nSPS) is 9.85. The van der Waals surface area contributed by atoms with Gasteiger partial charge in [0, 0.05) is 4.47 Å². The third-order valence-electron chi connectivity index (χ3n) is 2.29. The zero-order valence-electron chi connectivity index (χ0n) is 10.0. The topological polar surface area (TPSA) is 62.1 Å². The average Bonchev–Trinajstić information content (AvgIpc) is 2.85. The number of carbonyl (C=O) groups excluding carboxylic acids is 1. The first-order valence-corrected chi connectivity index (χ1v) is 7.12. The summed E-state index contributed by atoms with van der Waals surface area (Å²) in [5, 5.41) is 13.5. The van der Waals surface area contributed by atoms with Crippen molar-refractivity contribution in [3.8, 4) is 11.8 Å². The molecule has 4 nitrogen and oxygen atoms in total. The smallest absolute Gasteiger partial charge is 0.262 e. The number of hydrogen-bond acceptors (Lipinski definition) is 4. The number of nitrogens with one attached hydrogen (secondary N) is 1. The highest BCUT2D eigenvalue weighted by Crippen LogP contribution is 2.23. The third-order valence-corrected chi connectivity index (χ3v) is 3.61. The van der Waals surface area contributed by atoms with Gasteiger partial charge in [-0.1, -0.05) is 15.9 Å². The number of carbonyl (C=O) groups is 1. The lowest BCUT2D eigenvalue weighted by atomic mass is 10.3. The molecule has 2 rings (SSSR count). The van der Waals surface area contributed by atoms with Crippen LogP contribution in [0, 0.1) is 17.1 Å². The second kappa shape index (κ2) is 6.50. The number of hydrogen-bond donors (Lipinski definition) is 1. The van der Waals surface area contributed by atoms with Crippen LogP contribution >= 0.6 is 27.3 Å². The number of amides is 1. The van der Waals surface area contributed by atoms with Gasteiger partial charge in [0.15, 0.2) is 18.2 Å². The molecule has 1 amide bonds. The van der Waals surface area contributed by atoms with Crippen molar-refractivity contribution < 1.29 is 13.9 Å². The van der Waals surface area contributed by atoms with Gasteiger partial charge in [-0.25, -0.2) is 4.39 Å². The summed E-state index contributed by atoms with van der Waals surface area (Å²) >= 11 is 4.37. The van der Waals surface area contributed by atoms with E-state index in [2.05, 4.69) is 21.2 Å². The lowest BCUT2D eigenvalue weighted by molar-refractivity contribution is -0.118. The molecule has 1 heterocycles. The standard InChI is InChI=1S/C13H8BrFN2O2S/c14-9-1-2-11(10(15)5-9)19-7-12(18)17-13-8(6-16)3-4-20-13/h1-5H,7H2,(H,17,18). The minimum Gasteiger partial charge on any atom is -0.481 e. The number of nitriles is 1. The van der Waals surface area contributed by atoms with E-state index in [9.17, 15) is 9.18 Å². The van der Waals surface area contributed by atoms with Gasteiger partial charge < -0.3 is 10.1 Å². The molecule has 102 valence electrons. The second-order valence-corrected chi connectivity index (χ2v) is 5.52. The largest absolute Gasteiger partial charge is 0.481 e. The summed E-state index contributed by atoms with van der Waals surface area (Å²) in [7, 11) is 0. The van der Waals surface area contributed by atoms with Gasteiger partial charge in [0.2, 0.25) is 0 Å². The Morgan fingerprint density at radius 1 is 1.50 bits per heavy atom. The molecule has 7 heteroatoms. The van der Waals surface area contributed by atoms with Crippen LogP contribution in [-0.4, -0.2) is 12.5 Å². The fourth-order valence-electron chi connectivity index (χ4n) is 1.39.